The molecule has 1 aromatic heterocycles. The third-order valence-corrected chi connectivity index (χ3v) is 5.70. The number of sulfonamides is 1. The molecule has 3 N–H and O–H groups in total. The zero-order valence-corrected chi connectivity index (χ0v) is 14.9. The molecule has 126 valence electrons. The molecule has 22 heavy (non-hydrogen) atoms. The number of nitrogens with zero attached hydrogens (tertiary/aromatic N) is 1. The van der Waals surface area contributed by atoms with Gasteiger partial charge in [-0.3, -0.25) is 4.99 Å². The third kappa shape index (κ3) is 7.24. The SMILES string of the molecule is CCCCCN=C(NCC)NCCNS(=O)(=O)c1cccs1. The van der Waals surface area contributed by atoms with Gasteiger partial charge in [-0.25, -0.2) is 13.1 Å². The molecule has 0 bridgehead atoms. The molecule has 0 radical (unpaired) electrons. The molecule has 1 aromatic rings. The first-order valence-corrected chi connectivity index (χ1v) is 10.0. The number of guanidine groups is 1. The van der Waals surface area contributed by atoms with Gasteiger partial charge < -0.3 is 10.6 Å². The van der Waals surface area contributed by atoms with Gasteiger partial charge in [-0.05, 0) is 24.8 Å². The van der Waals surface area contributed by atoms with Crippen molar-refractivity contribution in [2.75, 3.05) is 26.2 Å². The highest BCUT2D eigenvalue weighted by atomic mass is 32.2. The molecule has 0 atom stereocenters. The first-order valence-electron chi connectivity index (χ1n) is 7.65. The van der Waals surface area contributed by atoms with Crippen molar-refractivity contribution in [1.29, 1.82) is 0 Å². The molecule has 0 saturated carbocycles. The first-order chi connectivity index (χ1) is 10.6. The summed E-state index contributed by atoms with van der Waals surface area (Å²) >= 11 is 1.21. The number of nitrogens with one attached hydrogen (secondary N) is 3. The van der Waals surface area contributed by atoms with Crippen molar-refractivity contribution >= 4 is 27.3 Å². The standard InChI is InChI=1S/C14H26N4O2S2/c1-3-5-6-9-16-14(15-4-2)17-10-11-18-22(19,20)13-8-7-12-21-13/h7-8,12,18H,3-6,9-11H2,1-2H3,(H2,15,16,17). The molecule has 6 nitrogen and oxygen atoms in total. The lowest BCUT2D eigenvalue weighted by atomic mass is 10.2. The summed E-state index contributed by atoms with van der Waals surface area (Å²) < 4.78 is 26.8. The van der Waals surface area contributed by atoms with Crippen molar-refractivity contribution < 1.29 is 8.42 Å². The zero-order valence-electron chi connectivity index (χ0n) is 13.3. The van der Waals surface area contributed by atoms with E-state index in [4.69, 9.17) is 0 Å². The van der Waals surface area contributed by atoms with Crippen LogP contribution in [0.3, 0.4) is 0 Å². The smallest absolute Gasteiger partial charge is 0.250 e. The van der Waals surface area contributed by atoms with Crippen LogP contribution in [0.15, 0.2) is 26.7 Å². The molecule has 1 rings (SSSR count). The summed E-state index contributed by atoms with van der Waals surface area (Å²) in [5, 5.41) is 8.03. The van der Waals surface area contributed by atoms with Gasteiger partial charge in [0.05, 0.1) is 0 Å². The van der Waals surface area contributed by atoms with Crippen molar-refractivity contribution in [3.05, 3.63) is 17.5 Å². The van der Waals surface area contributed by atoms with Crippen LogP contribution in [0.5, 0.6) is 0 Å². The summed E-state index contributed by atoms with van der Waals surface area (Å²) in [6.07, 6.45) is 3.41. The highest BCUT2D eigenvalue weighted by Crippen LogP contribution is 2.14. The lowest BCUT2D eigenvalue weighted by molar-refractivity contribution is 0.582. The Bertz CT molecular complexity index is 527. The molecule has 0 aliphatic rings. The fraction of sp³-hybridized carbons (Fsp3) is 0.643. The van der Waals surface area contributed by atoms with Gasteiger partial charge >= 0.3 is 0 Å². The lowest BCUT2D eigenvalue weighted by Crippen LogP contribution is -2.41. The van der Waals surface area contributed by atoms with E-state index in [2.05, 4.69) is 27.3 Å². The molecule has 0 aromatic carbocycles. The maximum absolute atomic E-state index is 11.9. The Balaban J connectivity index is 2.33. The summed E-state index contributed by atoms with van der Waals surface area (Å²) in [4.78, 5) is 4.45. The normalized spacial score (nSPS) is 12.4. The molecular formula is C14H26N4O2S2. The topological polar surface area (TPSA) is 82.6 Å². The van der Waals surface area contributed by atoms with Gasteiger partial charge in [-0.1, -0.05) is 25.8 Å². The van der Waals surface area contributed by atoms with Gasteiger partial charge in [0.15, 0.2) is 5.96 Å². The molecule has 0 amide bonds. The summed E-state index contributed by atoms with van der Waals surface area (Å²) in [7, 11) is -3.38. The fourth-order valence-electron chi connectivity index (χ4n) is 1.75. The molecule has 8 heteroatoms. The van der Waals surface area contributed by atoms with Crippen molar-refractivity contribution in [3.8, 4) is 0 Å². The van der Waals surface area contributed by atoms with Crippen LogP contribution < -0.4 is 15.4 Å². The Morgan fingerprint density at radius 2 is 2.05 bits per heavy atom. The molecule has 0 unspecified atom stereocenters. The van der Waals surface area contributed by atoms with Crippen LogP contribution in [0.25, 0.3) is 0 Å². The summed E-state index contributed by atoms with van der Waals surface area (Å²) in [5.74, 6) is 0.730. The molecule has 0 saturated heterocycles. The molecule has 1 heterocycles. The van der Waals surface area contributed by atoms with Gasteiger partial charge in [0.25, 0.3) is 0 Å². The zero-order chi connectivity index (χ0) is 16.3. The summed E-state index contributed by atoms with van der Waals surface area (Å²) in [6, 6.07) is 3.32. The van der Waals surface area contributed by atoms with Crippen molar-refractivity contribution in [2.24, 2.45) is 4.99 Å². The van der Waals surface area contributed by atoms with Gasteiger partial charge in [0, 0.05) is 26.2 Å². The highest BCUT2D eigenvalue weighted by Gasteiger charge is 2.13. The minimum absolute atomic E-state index is 0.319. The average Bonchev–Trinajstić information content (AvgIpc) is 3.03. The fourth-order valence-corrected chi connectivity index (χ4v) is 3.82. The van der Waals surface area contributed by atoms with Crippen LogP contribution >= 0.6 is 11.3 Å². The second-order valence-electron chi connectivity index (χ2n) is 4.72. The maximum atomic E-state index is 11.9. The maximum Gasteiger partial charge on any atom is 0.250 e. The van der Waals surface area contributed by atoms with Gasteiger partial charge in [0.1, 0.15) is 4.21 Å². The second kappa shape index (κ2) is 10.6. The lowest BCUT2D eigenvalue weighted by Gasteiger charge is -2.11. The van der Waals surface area contributed by atoms with Crippen LogP contribution in [-0.2, 0) is 10.0 Å². The van der Waals surface area contributed by atoms with Crippen molar-refractivity contribution in [2.45, 2.75) is 37.3 Å². The van der Waals surface area contributed by atoms with Crippen LogP contribution in [0.2, 0.25) is 0 Å². The summed E-state index contributed by atoms with van der Waals surface area (Å²) in [6.45, 7) is 6.53. The van der Waals surface area contributed by atoms with E-state index in [9.17, 15) is 8.42 Å². The summed E-state index contributed by atoms with van der Waals surface area (Å²) in [5.41, 5.74) is 0. The van der Waals surface area contributed by atoms with Crippen LogP contribution in [0, 0.1) is 0 Å². The van der Waals surface area contributed by atoms with Crippen LogP contribution in [0.1, 0.15) is 33.1 Å². The van der Waals surface area contributed by atoms with E-state index in [0.717, 1.165) is 25.5 Å². The molecule has 0 fully saturated rings. The number of hydrogen-bond donors (Lipinski definition) is 3. The van der Waals surface area contributed by atoms with Crippen LogP contribution in [-0.4, -0.2) is 40.6 Å². The van der Waals surface area contributed by atoms with Crippen molar-refractivity contribution in [3.63, 3.8) is 0 Å². The predicted molar refractivity (Wildman–Crippen MR) is 93.0 cm³/mol. The van der Waals surface area contributed by atoms with E-state index >= 15 is 0 Å². The minimum Gasteiger partial charge on any atom is -0.357 e. The Kier molecular flexibility index (Phi) is 9.10. The second-order valence-corrected chi connectivity index (χ2v) is 7.67. The van der Waals surface area contributed by atoms with E-state index in [-0.39, 0.29) is 0 Å². The Labute approximate surface area is 137 Å². The number of unbranched alkanes of at least 4 members (excludes halogenated alkanes) is 2. The molecule has 0 aliphatic carbocycles. The molecule has 0 aliphatic heterocycles. The van der Waals surface area contributed by atoms with E-state index in [1.165, 1.54) is 24.2 Å². The number of hydrogen-bond acceptors (Lipinski definition) is 4. The predicted octanol–water partition coefficient (Wildman–Crippen LogP) is 1.77. The van der Waals surface area contributed by atoms with Gasteiger partial charge in [-0.2, -0.15) is 0 Å². The Morgan fingerprint density at radius 3 is 2.68 bits per heavy atom. The largest absolute Gasteiger partial charge is 0.357 e. The quantitative estimate of drug-likeness (QED) is 0.343. The number of rotatable bonds is 10. The van der Waals surface area contributed by atoms with E-state index in [1.54, 1.807) is 17.5 Å². The third-order valence-electron chi connectivity index (χ3n) is 2.85. The Hall–Kier alpha value is -1.12. The van der Waals surface area contributed by atoms with Gasteiger partial charge in [-0.15, -0.1) is 11.3 Å². The monoisotopic (exact) mass is 346 g/mol. The average molecular weight is 347 g/mol. The highest BCUT2D eigenvalue weighted by molar-refractivity contribution is 7.91. The molecule has 0 spiro atoms. The van der Waals surface area contributed by atoms with Crippen molar-refractivity contribution in [1.82, 2.24) is 15.4 Å². The Morgan fingerprint density at radius 1 is 1.23 bits per heavy atom. The van der Waals surface area contributed by atoms with E-state index in [1.807, 2.05) is 6.92 Å². The minimum atomic E-state index is -3.38. The number of thiophene rings is 1. The van der Waals surface area contributed by atoms with E-state index in [0.29, 0.717) is 17.3 Å². The first kappa shape index (κ1) is 18.9. The van der Waals surface area contributed by atoms with E-state index < -0.39 is 10.0 Å². The van der Waals surface area contributed by atoms with Crippen LogP contribution in [0.4, 0.5) is 0 Å². The number of aliphatic imine (C=N–C) groups is 1. The van der Waals surface area contributed by atoms with Gasteiger partial charge in [0.2, 0.25) is 10.0 Å². The molecular weight excluding hydrogens is 320 g/mol.